The molecule has 1 unspecified atom stereocenters. The predicted octanol–water partition coefficient (Wildman–Crippen LogP) is 3.03. The van der Waals surface area contributed by atoms with Gasteiger partial charge in [-0.2, -0.15) is 0 Å². The number of amides is 1. The standard InChI is InChI=1S/C14H25NO4/c1-3-4-10-19-14(18)15(11(2)13(16)17)12-8-6-5-7-9-12/h11-12H,3-10H2,1-2H3,(H,16,17). The number of rotatable bonds is 6. The zero-order chi connectivity index (χ0) is 14.3. The van der Waals surface area contributed by atoms with Crippen molar-refractivity contribution in [3.8, 4) is 0 Å². The summed E-state index contributed by atoms with van der Waals surface area (Å²) in [6.45, 7) is 3.94. The zero-order valence-corrected chi connectivity index (χ0v) is 11.9. The Bertz CT molecular complexity index is 300. The predicted molar refractivity (Wildman–Crippen MR) is 72.1 cm³/mol. The molecular formula is C14H25NO4. The maximum absolute atomic E-state index is 12.1. The molecule has 19 heavy (non-hydrogen) atoms. The smallest absolute Gasteiger partial charge is 0.410 e. The van der Waals surface area contributed by atoms with Crippen LogP contribution in [-0.4, -0.2) is 40.8 Å². The van der Waals surface area contributed by atoms with Crippen molar-refractivity contribution in [2.75, 3.05) is 6.61 Å². The summed E-state index contributed by atoms with van der Waals surface area (Å²) in [6, 6.07) is -0.814. The molecular weight excluding hydrogens is 246 g/mol. The van der Waals surface area contributed by atoms with Crippen molar-refractivity contribution in [1.82, 2.24) is 4.90 Å². The van der Waals surface area contributed by atoms with E-state index < -0.39 is 18.1 Å². The van der Waals surface area contributed by atoms with Crippen molar-refractivity contribution < 1.29 is 19.4 Å². The number of carbonyl (C=O) groups excluding carboxylic acids is 1. The quantitative estimate of drug-likeness (QED) is 0.754. The largest absolute Gasteiger partial charge is 0.480 e. The minimum atomic E-state index is -0.974. The van der Waals surface area contributed by atoms with E-state index in [1.54, 1.807) is 6.92 Å². The van der Waals surface area contributed by atoms with Crippen molar-refractivity contribution in [2.24, 2.45) is 0 Å². The van der Waals surface area contributed by atoms with E-state index in [0.29, 0.717) is 6.61 Å². The van der Waals surface area contributed by atoms with Gasteiger partial charge in [-0.1, -0.05) is 32.6 Å². The molecule has 0 aliphatic heterocycles. The molecule has 1 fully saturated rings. The van der Waals surface area contributed by atoms with Gasteiger partial charge < -0.3 is 9.84 Å². The van der Waals surface area contributed by atoms with Gasteiger partial charge in [0.1, 0.15) is 6.04 Å². The number of carboxylic acid groups (broad SMARTS) is 1. The summed E-state index contributed by atoms with van der Waals surface area (Å²) in [4.78, 5) is 24.7. The summed E-state index contributed by atoms with van der Waals surface area (Å²) in [7, 11) is 0. The zero-order valence-electron chi connectivity index (χ0n) is 11.9. The molecule has 5 nitrogen and oxygen atoms in total. The summed E-state index contributed by atoms with van der Waals surface area (Å²) in [5.41, 5.74) is 0. The summed E-state index contributed by atoms with van der Waals surface area (Å²) >= 11 is 0. The molecule has 1 saturated carbocycles. The first-order valence-corrected chi connectivity index (χ1v) is 7.25. The molecule has 0 aromatic rings. The average molecular weight is 271 g/mol. The Balaban J connectivity index is 2.67. The third kappa shape index (κ3) is 4.73. The molecule has 0 radical (unpaired) electrons. The van der Waals surface area contributed by atoms with Crippen molar-refractivity contribution in [3.05, 3.63) is 0 Å². The molecule has 0 aromatic heterocycles. The number of unbranched alkanes of at least 4 members (excludes halogenated alkanes) is 1. The fourth-order valence-corrected chi connectivity index (χ4v) is 2.48. The third-order valence-electron chi connectivity index (χ3n) is 3.68. The van der Waals surface area contributed by atoms with Crippen molar-refractivity contribution in [3.63, 3.8) is 0 Å². The van der Waals surface area contributed by atoms with Gasteiger partial charge in [0.15, 0.2) is 0 Å². The van der Waals surface area contributed by atoms with E-state index in [0.717, 1.165) is 44.9 Å². The number of nitrogens with zero attached hydrogens (tertiary/aromatic N) is 1. The molecule has 5 heteroatoms. The minimum Gasteiger partial charge on any atom is -0.480 e. The molecule has 1 atom stereocenters. The first-order chi connectivity index (χ1) is 9.07. The van der Waals surface area contributed by atoms with Gasteiger partial charge in [-0.05, 0) is 26.2 Å². The van der Waals surface area contributed by atoms with E-state index in [2.05, 4.69) is 0 Å². The highest BCUT2D eigenvalue weighted by Gasteiger charge is 2.33. The van der Waals surface area contributed by atoms with Crippen LogP contribution in [0.3, 0.4) is 0 Å². The second kappa shape index (κ2) is 8.02. The van der Waals surface area contributed by atoms with Crippen molar-refractivity contribution in [2.45, 2.75) is 70.9 Å². The van der Waals surface area contributed by atoms with Crippen LogP contribution in [0.1, 0.15) is 58.8 Å². The molecule has 110 valence electrons. The molecule has 0 heterocycles. The fourth-order valence-electron chi connectivity index (χ4n) is 2.48. The fraction of sp³-hybridized carbons (Fsp3) is 0.857. The highest BCUT2D eigenvalue weighted by Crippen LogP contribution is 2.25. The van der Waals surface area contributed by atoms with Crippen LogP contribution in [0.15, 0.2) is 0 Å². The summed E-state index contributed by atoms with van der Waals surface area (Å²) < 4.78 is 5.19. The lowest BCUT2D eigenvalue weighted by Crippen LogP contribution is -2.50. The van der Waals surface area contributed by atoms with Crippen molar-refractivity contribution >= 4 is 12.1 Å². The van der Waals surface area contributed by atoms with Gasteiger partial charge in [0, 0.05) is 6.04 Å². The van der Waals surface area contributed by atoms with Gasteiger partial charge in [0.05, 0.1) is 6.61 Å². The topological polar surface area (TPSA) is 66.8 Å². The lowest BCUT2D eigenvalue weighted by molar-refractivity contribution is -0.143. The van der Waals surface area contributed by atoms with E-state index in [4.69, 9.17) is 9.84 Å². The molecule has 1 aliphatic carbocycles. The number of carboxylic acids is 1. The summed E-state index contributed by atoms with van der Waals surface area (Å²) in [5, 5.41) is 9.15. The second-order valence-electron chi connectivity index (χ2n) is 5.18. The maximum Gasteiger partial charge on any atom is 0.410 e. The molecule has 1 aliphatic rings. The Labute approximate surface area is 114 Å². The molecule has 1 N–H and O–H groups in total. The monoisotopic (exact) mass is 271 g/mol. The van der Waals surface area contributed by atoms with E-state index >= 15 is 0 Å². The second-order valence-corrected chi connectivity index (χ2v) is 5.18. The first-order valence-electron chi connectivity index (χ1n) is 7.25. The molecule has 1 rings (SSSR count). The van der Waals surface area contributed by atoms with E-state index in [1.165, 1.54) is 4.90 Å². The normalized spacial score (nSPS) is 17.8. The molecule has 1 amide bonds. The minimum absolute atomic E-state index is 0.00831. The summed E-state index contributed by atoms with van der Waals surface area (Å²) in [6.07, 6.45) is 6.30. The highest BCUT2D eigenvalue weighted by atomic mass is 16.6. The van der Waals surface area contributed by atoms with E-state index in [-0.39, 0.29) is 6.04 Å². The Kier molecular flexibility index (Phi) is 6.67. The Morgan fingerprint density at radius 3 is 2.47 bits per heavy atom. The Hall–Kier alpha value is -1.26. The number of hydrogen-bond donors (Lipinski definition) is 1. The maximum atomic E-state index is 12.1. The van der Waals surface area contributed by atoms with Gasteiger partial charge >= 0.3 is 12.1 Å². The lowest BCUT2D eigenvalue weighted by Gasteiger charge is -2.36. The van der Waals surface area contributed by atoms with Gasteiger partial charge in [0.25, 0.3) is 0 Å². The van der Waals surface area contributed by atoms with Gasteiger partial charge in [-0.3, -0.25) is 4.90 Å². The van der Waals surface area contributed by atoms with Crippen LogP contribution in [0.25, 0.3) is 0 Å². The van der Waals surface area contributed by atoms with Crippen LogP contribution in [-0.2, 0) is 9.53 Å². The number of hydrogen-bond acceptors (Lipinski definition) is 3. The van der Waals surface area contributed by atoms with Gasteiger partial charge in [-0.15, -0.1) is 0 Å². The van der Waals surface area contributed by atoms with Crippen LogP contribution in [0.4, 0.5) is 4.79 Å². The van der Waals surface area contributed by atoms with Gasteiger partial charge in [0.2, 0.25) is 0 Å². The van der Waals surface area contributed by atoms with E-state index in [1.807, 2.05) is 6.92 Å². The van der Waals surface area contributed by atoms with Crippen LogP contribution < -0.4 is 0 Å². The van der Waals surface area contributed by atoms with Crippen LogP contribution >= 0.6 is 0 Å². The number of carbonyl (C=O) groups is 2. The lowest BCUT2D eigenvalue weighted by atomic mass is 9.93. The molecule has 0 spiro atoms. The third-order valence-corrected chi connectivity index (χ3v) is 3.68. The van der Waals surface area contributed by atoms with Crippen molar-refractivity contribution in [1.29, 1.82) is 0 Å². The highest BCUT2D eigenvalue weighted by molar-refractivity contribution is 5.79. The van der Waals surface area contributed by atoms with Crippen LogP contribution in [0, 0.1) is 0 Å². The van der Waals surface area contributed by atoms with E-state index in [9.17, 15) is 9.59 Å². The molecule has 0 bridgehead atoms. The molecule has 0 aromatic carbocycles. The van der Waals surface area contributed by atoms with Crippen LogP contribution in [0.5, 0.6) is 0 Å². The van der Waals surface area contributed by atoms with Gasteiger partial charge in [-0.25, -0.2) is 9.59 Å². The number of ether oxygens (including phenoxy) is 1. The SMILES string of the molecule is CCCCOC(=O)N(C1CCCCC1)C(C)C(=O)O. The average Bonchev–Trinajstić information content (AvgIpc) is 2.40. The first kappa shape index (κ1) is 15.8. The van der Waals surface area contributed by atoms with Crippen LogP contribution in [0.2, 0.25) is 0 Å². The molecule has 0 saturated heterocycles. The Morgan fingerprint density at radius 1 is 1.32 bits per heavy atom. The summed E-state index contributed by atoms with van der Waals surface area (Å²) in [5.74, 6) is -0.974. The number of aliphatic carboxylic acids is 1. The Morgan fingerprint density at radius 2 is 1.95 bits per heavy atom.